The number of nitrogens with zero attached hydrogens (tertiary/aromatic N) is 3. The van der Waals surface area contributed by atoms with Crippen molar-refractivity contribution in [2.75, 3.05) is 20.1 Å². The van der Waals surface area contributed by atoms with E-state index in [1.54, 1.807) is 0 Å². The normalized spacial score (nSPS) is 22.8. The van der Waals surface area contributed by atoms with Gasteiger partial charge in [0.2, 0.25) is 0 Å². The first-order valence-corrected chi connectivity index (χ1v) is 6.68. The summed E-state index contributed by atoms with van der Waals surface area (Å²) in [5.74, 6) is 0.677. The van der Waals surface area contributed by atoms with Crippen molar-refractivity contribution < 1.29 is 0 Å². The predicted octanol–water partition coefficient (Wildman–Crippen LogP) is 1.05. The van der Waals surface area contributed by atoms with Crippen LogP contribution in [0.2, 0.25) is 0 Å². The smallest absolute Gasteiger partial charge is 0.0948 e. The molecule has 4 nitrogen and oxygen atoms in total. The first kappa shape index (κ1) is 11.2. The maximum absolute atomic E-state index is 4.31. The molecule has 1 unspecified atom stereocenters. The summed E-state index contributed by atoms with van der Waals surface area (Å²) in [7, 11) is 2.25. The fourth-order valence-corrected chi connectivity index (χ4v) is 2.58. The van der Waals surface area contributed by atoms with Crippen LogP contribution in [0.1, 0.15) is 31.4 Å². The minimum Gasteiger partial charge on any atom is -0.333 e. The maximum atomic E-state index is 4.31. The van der Waals surface area contributed by atoms with Crippen LogP contribution in [0, 0.1) is 0 Å². The molecule has 1 saturated carbocycles. The highest BCUT2D eigenvalue weighted by Gasteiger charge is 2.30. The van der Waals surface area contributed by atoms with Gasteiger partial charge < -0.3 is 9.88 Å². The molecule has 1 aliphatic heterocycles. The minimum absolute atomic E-state index is 0.600. The van der Waals surface area contributed by atoms with Crippen molar-refractivity contribution in [3.63, 3.8) is 0 Å². The topological polar surface area (TPSA) is 33.1 Å². The van der Waals surface area contributed by atoms with Gasteiger partial charge in [0.05, 0.1) is 6.33 Å². The Morgan fingerprint density at radius 2 is 2.29 bits per heavy atom. The van der Waals surface area contributed by atoms with E-state index in [1.165, 1.54) is 18.5 Å². The van der Waals surface area contributed by atoms with Crippen LogP contribution in [0.4, 0.5) is 0 Å². The Bertz CT molecular complexity index is 379. The number of aromatic nitrogens is 2. The van der Waals surface area contributed by atoms with Crippen LogP contribution in [0.5, 0.6) is 0 Å². The zero-order valence-corrected chi connectivity index (χ0v) is 10.8. The van der Waals surface area contributed by atoms with Gasteiger partial charge in [-0.3, -0.25) is 4.90 Å². The van der Waals surface area contributed by atoms with Crippen LogP contribution in [0.15, 0.2) is 12.5 Å². The third-order valence-electron chi connectivity index (χ3n) is 4.22. The van der Waals surface area contributed by atoms with E-state index in [1.807, 2.05) is 12.5 Å². The molecule has 0 aromatic carbocycles. The predicted molar refractivity (Wildman–Crippen MR) is 68.1 cm³/mol. The molecule has 0 radical (unpaired) electrons. The quantitative estimate of drug-likeness (QED) is 0.827. The zero-order valence-electron chi connectivity index (χ0n) is 10.8. The van der Waals surface area contributed by atoms with Gasteiger partial charge in [0.1, 0.15) is 0 Å². The van der Waals surface area contributed by atoms with E-state index in [4.69, 9.17) is 0 Å². The fourth-order valence-electron chi connectivity index (χ4n) is 2.58. The van der Waals surface area contributed by atoms with E-state index < -0.39 is 0 Å². The van der Waals surface area contributed by atoms with Crippen molar-refractivity contribution in [2.45, 2.75) is 44.3 Å². The molecule has 2 heterocycles. The molecular formula is C13H22N4. The largest absolute Gasteiger partial charge is 0.333 e. The van der Waals surface area contributed by atoms with Gasteiger partial charge in [0.15, 0.2) is 0 Å². The van der Waals surface area contributed by atoms with Crippen LogP contribution in [-0.4, -0.2) is 46.7 Å². The van der Waals surface area contributed by atoms with E-state index in [0.717, 1.165) is 25.7 Å². The van der Waals surface area contributed by atoms with Crippen LogP contribution in [0.25, 0.3) is 0 Å². The van der Waals surface area contributed by atoms with Crippen LogP contribution < -0.4 is 5.32 Å². The summed E-state index contributed by atoms with van der Waals surface area (Å²) in [4.78, 5) is 6.83. The summed E-state index contributed by atoms with van der Waals surface area (Å²) in [6.45, 7) is 5.61. The van der Waals surface area contributed by atoms with E-state index in [2.05, 4.69) is 33.7 Å². The molecule has 0 amide bonds. The molecule has 4 heteroatoms. The molecule has 1 atom stereocenters. The lowest BCUT2D eigenvalue weighted by molar-refractivity contribution is 0.222. The van der Waals surface area contributed by atoms with Gasteiger partial charge >= 0.3 is 0 Å². The van der Waals surface area contributed by atoms with Crippen molar-refractivity contribution in [3.05, 3.63) is 18.2 Å². The molecule has 2 fully saturated rings. The standard InChI is InChI=1S/C13H22N4/c1-10(16(2)12-3-4-12)8-17-9-15-7-13(17)11-5-14-6-11/h7,9-12,14H,3-6,8H2,1-2H3. The second-order valence-electron chi connectivity index (χ2n) is 5.57. The summed E-state index contributed by atoms with van der Waals surface area (Å²) >= 11 is 0. The summed E-state index contributed by atoms with van der Waals surface area (Å²) in [6.07, 6.45) is 6.79. The Balaban J connectivity index is 1.65. The lowest BCUT2D eigenvalue weighted by Crippen LogP contribution is -2.42. The van der Waals surface area contributed by atoms with Crippen molar-refractivity contribution in [1.29, 1.82) is 0 Å². The Hall–Kier alpha value is -0.870. The van der Waals surface area contributed by atoms with Gasteiger partial charge in [0, 0.05) is 49.5 Å². The number of rotatable bonds is 5. The Kier molecular flexibility index (Phi) is 2.92. The Morgan fingerprint density at radius 1 is 1.53 bits per heavy atom. The van der Waals surface area contributed by atoms with Gasteiger partial charge in [-0.05, 0) is 26.8 Å². The molecule has 0 bridgehead atoms. The van der Waals surface area contributed by atoms with Crippen molar-refractivity contribution in [3.8, 4) is 0 Å². The first-order valence-electron chi connectivity index (χ1n) is 6.68. The molecule has 1 aromatic rings. The van der Waals surface area contributed by atoms with Gasteiger partial charge in [-0.1, -0.05) is 0 Å². The van der Waals surface area contributed by atoms with Crippen LogP contribution in [-0.2, 0) is 6.54 Å². The third-order valence-corrected chi connectivity index (χ3v) is 4.22. The minimum atomic E-state index is 0.600. The highest BCUT2D eigenvalue weighted by Crippen LogP contribution is 2.28. The molecule has 0 spiro atoms. The Labute approximate surface area is 103 Å². The fraction of sp³-hybridized carbons (Fsp3) is 0.769. The molecule has 1 aromatic heterocycles. The lowest BCUT2D eigenvalue weighted by Gasteiger charge is -2.30. The van der Waals surface area contributed by atoms with E-state index in [9.17, 15) is 0 Å². The molecule has 1 N–H and O–H groups in total. The summed E-state index contributed by atoms with van der Waals surface area (Å²) < 4.78 is 2.34. The zero-order chi connectivity index (χ0) is 11.8. The van der Waals surface area contributed by atoms with E-state index >= 15 is 0 Å². The van der Waals surface area contributed by atoms with Crippen molar-refractivity contribution >= 4 is 0 Å². The van der Waals surface area contributed by atoms with Gasteiger partial charge in [0.25, 0.3) is 0 Å². The first-order chi connectivity index (χ1) is 8.25. The maximum Gasteiger partial charge on any atom is 0.0948 e. The molecule has 17 heavy (non-hydrogen) atoms. The molecule has 1 aliphatic carbocycles. The monoisotopic (exact) mass is 234 g/mol. The molecule has 3 rings (SSSR count). The SMILES string of the molecule is CC(Cn1cncc1C1CNC1)N(C)C1CC1. The Morgan fingerprint density at radius 3 is 2.88 bits per heavy atom. The number of likely N-dealkylation sites (N-methyl/N-ethyl adjacent to an activating group) is 1. The molecule has 1 saturated heterocycles. The van der Waals surface area contributed by atoms with E-state index in [0.29, 0.717) is 12.0 Å². The van der Waals surface area contributed by atoms with E-state index in [-0.39, 0.29) is 0 Å². The number of hydrogen-bond acceptors (Lipinski definition) is 3. The summed E-state index contributed by atoms with van der Waals surface area (Å²) in [5.41, 5.74) is 1.40. The highest BCUT2D eigenvalue weighted by atomic mass is 15.2. The lowest BCUT2D eigenvalue weighted by atomic mass is 10.00. The number of imidazole rings is 1. The molecular weight excluding hydrogens is 212 g/mol. The van der Waals surface area contributed by atoms with Gasteiger partial charge in [-0.2, -0.15) is 0 Å². The average molecular weight is 234 g/mol. The highest BCUT2D eigenvalue weighted by molar-refractivity contribution is 5.11. The van der Waals surface area contributed by atoms with Crippen molar-refractivity contribution in [1.82, 2.24) is 19.8 Å². The summed E-state index contributed by atoms with van der Waals surface area (Å²) in [5, 5.41) is 3.33. The van der Waals surface area contributed by atoms with Crippen LogP contribution in [0.3, 0.4) is 0 Å². The van der Waals surface area contributed by atoms with Crippen molar-refractivity contribution in [2.24, 2.45) is 0 Å². The number of nitrogens with one attached hydrogen (secondary N) is 1. The summed E-state index contributed by atoms with van der Waals surface area (Å²) in [6, 6.07) is 1.44. The second-order valence-corrected chi connectivity index (χ2v) is 5.57. The van der Waals surface area contributed by atoms with Gasteiger partial charge in [-0.25, -0.2) is 4.98 Å². The number of hydrogen-bond donors (Lipinski definition) is 1. The van der Waals surface area contributed by atoms with Crippen LogP contribution >= 0.6 is 0 Å². The average Bonchev–Trinajstić information content (AvgIpc) is 3.00. The van der Waals surface area contributed by atoms with Gasteiger partial charge in [-0.15, -0.1) is 0 Å². The molecule has 94 valence electrons. The molecule has 2 aliphatic rings. The third kappa shape index (κ3) is 2.24. The second kappa shape index (κ2) is 4.42.